The minimum absolute atomic E-state index is 0.128. The summed E-state index contributed by atoms with van der Waals surface area (Å²) in [7, 11) is 0. The zero-order chi connectivity index (χ0) is 24.1. The summed E-state index contributed by atoms with van der Waals surface area (Å²) in [6, 6.07) is 19.0. The third kappa shape index (κ3) is 4.74. The lowest BCUT2D eigenvalue weighted by molar-refractivity contribution is 0.0514. The van der Waals surface area contributed by atoms with Crippen molar-refractivity contribution < 1.29 is 18.8 Å². The highest BCUT2D eigenvalue weighted by Gasteiger charge is 2.28. The van der Waals surface area contributed by atoms with Crippen LogP contribution in [0.15, 0.2) is 70.3 Å². The Kier molecular flexibility index (Phi) is 7.12. The molecule has 0 bridgehead atoms. The van der Waals surface area contributed by atoms with Crippen molar-refractivity contribution in [2.45, 2.75) is 25.5 Å². The molecule has 0 saturated carbocycles. The summed E-state index contributed by atoms with van der Waals surface area (Å²) < 4.78 is 12.4. The minimum atomic E-state index is -0.563. The number of hydrogen-bond acceptors (Lipinski definition) is 7. The van der Waals surface area contributed by atoms with Gasteiger partial charge in [-0.15, -0.1) is 0 Å². The summed E-state index contributed by atoms with van der Waals surface area (Å²) in [6.45, 7) is 3.99. The van der Waals surface area contributed by atoms with Gasteiger partial charge in [0.25, 0.3) is 5.91 Å². The van der Waals surface area contributed by atoms with Crippen molar-refractivity contribution in [3.63, 3.8) is 0 Å². The number of carbonyl (C=O) groups is 2. The molecule has 174 valence electrons. The molecule has 1 N–H and O–H groups in total. The maximum Gasteiger partial charge on any atom is 0.358 e. The summed E-state index contributed by atoms with van der Waals surface area (Å²) in [5.41, 5.74) is 2.61. The van der Waals surface area contributed by atoms with E-state index in [1.54, 1.807) is 18.4 Å². The Bertz CT molecular complexity index is 1300. The molecule has 9 heteroatoms. The first-order valence-corrected chi connectivity index (χ1v) is 11.9. The number of anilines is 1. The van der Waals surface area contributed by atoms with Crippen molar-refractivity contribution in [2.24, 2.45) is 0 Å². The number of esters is 1. The smallest absolute Gasteiger partial charge is 0.358 e. The number of benzene rings is 2. The number of thioether (sulfide) groups is 1. The number of aromatic nitrogens is 3. The van der Waals surface area contributed by atoms with Crippen LogP contribution in [0.1, 0.15) is 39.1 Å². The highest BCUT2D eigenvalue weighted by atomic mass is 32.2. The molecule has 0 saturated heterocycles. The Morgan fingerprint density at radius 3 is 2.41 bits per heavy atom. The second kappa shape index (κ2) is 10.4. The number of hydrogen-bond donors (Lipinski definition) is 1. The van der Waals surface area contributed by atoms with Gasteiger partial charge in [-0.25, -0.2) is 9.78 Å². The largest absolute Gasteiger partial charge is 0.461 e. The van der Waals surface area contributed by atoms with Gasteiger partial charge in [0, 0.05) is 5.56 Å². The van der Waals surface area contributed by atoms with Crippen molar-refractivity contribution in [3.8, 4) is 11.3 Å². The van der Waals surface area contributed by atoms with Crippen molar-refractivity contribution in [1.29, 1.82) is 0 Å². The topological polar surface area (TPSA) is 99.2 Å². The number of aryl methyl sites for hydroxylation is 1. The van der Waals surface area contributed by atoms with E-state index in [0.29, 0.717) is 23.2 Å². The number of carbonyl (C=O) groups excluding carboxylic acids is 2. The van der Waals surface area contributed by atoms with Crippen LogP contribution in [0.2, 0.25) is 0 Å². The summed E-state index contributed by atoms with van der Waals surface area (Å²) in [5.74, 6) is -0.543. The van der Waals surface area contributed by atoms with E-state index in [1.165, 1.54) is 11.8 Å². The zero-order valence-corrected chi connectivity index (χ0v) is 19.9. The Balaban J connectivity index is 1.74. The number of ether oxygens (including phenoxy) is 1. The molecule has 0 aliphatic rings. The highest BCUT2D eigenvalue weighted by Crippen LogP contribution is 2.29. The normalized spacial score (nSPS) is 10.8. The predicted octanol–water partition coefficient (Wildman–Crippen LogP) is 5.05. The Labute approximate surface area is 201 Å². The first-order valence-electron chi connectivity index (χ1n) is 10.7. The number of nitrogens with one attached hydrogen (secondary N) is 1. The molecule has 0 radical (unpaired) electrons. The van der Waals surface area contributed by atoms with Crippen LogP contribution in [0.4, 0.5) is 5.82 Å². The molecule has 2 aromatic heterocycles. The van der Waals surface area contributed by atoms with E-state index < -0.39 is 11.9 Å². The van der Waals surface area contributed by atoms with Crippen LogP contribution in [0.3, 0.4) is 0 Å². The van der Waals surface area contributed by atoms with E-state index in [9.17, 15) is 9.59 Å². The molecule has 1 amide bonds. The van der Waals surface area contributed by atoms with Crippen LogP contribution >= 0.6 is 11.8 Å². The van der Waals surface area contributed by atoms with Crippen LogP contribution in [-0.4, -0.2) is 39.4 Å². The lowest BCUT2D eigenvalue weighted by Crippen LogP contribution is -2.19. The Hall–Kier alpha value is -3.85. The molecule has 0 aliphatic carbocycles. The van der Waals surface area contributed by atoms with E-state index in [4.69, 9.17) is 9.26 Å². The summed E-state index contributed by atoms with van der Waals surface area (Å²) in [6.07, 6.45) is 1.86. The second-order valence-electron chi connectivity index (χ2n) is 7.37. The maximum atomic E-state index is 13.4. The fourth-order valence-electron chi connectivity index (χ4n) is 3.60. The molecule has 2 heterocycles. The van der Waals surface area contributed by atoms with Gasteiger partial charge >= 0.3 is 5.97 Å². The monoisotopic (exact) mass is 476 g/mol. The predicted molar refractivity (Wildman–Crippen MR) is 130 cm³/mol. The molecular weight excluding hydrogens is 452 g/mol. The first kappa shape index (κ1) is 23.3. The molecule has 4 rings (SSSR count). The highest BCUT2D eigenvalue weighted by molar-refractivity contribution is 7.98. The fraction of sp³-hybridized carbons (Fsp3) is 0.200. The quantitative estimate of drug-likeness (QED) is 0.281. The van der Waals surface area contributed by atoms with Gasteiger partial charge in [0.2, 0.25) is 0 Å². The third-order valence-electron chi connectivity index (χ3n) is 5.14. The van der Waals surface area contributed by atoms with E-state index in [0.717, 1.165) is 11.1 Å². The fourth-order valence-corrected chi connectivity index (χ4v) is 4.16. The average molecular weight is 477 g/mol. The lowest BCUT2D eigenvalue weighted by atomic mass is 10.1. The van der Waals surface area contributed by atoms with Crippen LogP contribution in [0.25, 0.3) is 11.3 Å². The van der Waals surface area contributed by atoms with Gasteiger partial charge in [-0.1, -0.05) is 77.6 Å². The molecule has 0 unspecified atom stereocenters. The van der Waals surface area contributed by atoms with E-state index in [-0.39, 0.29) is 23.7 Å². The Morgan fingerprint density at radius 2 is 1.76 bits per heavy atom. The van der Waals surface area contributed by atoms with Crippen molar-refractivity contribution in [1.82, 2.24) is 14.7 Å². The Morgan fingerprint density at radius 1 is 1.09 bits per heavy atom. The van der Waals surface area contributed by atoms with Gasteiger partial charge in [0.1, 0.15) is 17.0 Å². The van der Waals surface area contributed by atoms with E-state index in [2.05, 4.69) is 15.5 Å². The number of amides is 1. The molecule has 34 heavy (non-hydrogen) atoms. The van der Waals surface area contributed by atoms with Gasteiger partial charge in [0.05, 0.1) is 13.2 Å². The average Bonchev–Trinajstić information content (AvgIpc) is 3.40. The SMILES string of the molecule is CCOC(=O)c1c(NC(=O)c2c(-c3ccccc3)noc2C)nc(SC)n1Cc1ccccc1. The maximum absolute atomic E-state index is 13.4. The van der Waals surface area contributed by atoms with Crippen molar-refractivity contribution >= 4 is 29.5 Å². The van der Waals surface area contributed by atoms with Gasteiger partial charge in [-0.05, 0) is 25.7 Å². The lowest BCUT2D eigenvalue weighted by Gasteiger charge is -2.11. The summed E-state index contributed by atoms with van der Waals surface area (Å²) in [5, 5.41) is 7.45. The molecule has 8 nitrogen and oxygen atoms in total. The van der Waals surface area contributed by atoms with Crippen LogP contribution in [0, 0.1) is 6.92 Å². The van der Waals surface area contributed by atoms with Gasteiger partial charge in [0.15, 0.2) is 16.7 Å². The summed E-state index contributed by atoms with van der Waals surface area (Å²) in [4.78, 5) is 30.9. The first-order chi connectivity index (χ1) is 16.5. The molecular formula is C25H24N4O4S. The van der Waals surface area contributed by atoms with Gasteiger partial charge in [-0.2, -0.15) is 0 Å². The molecule has 0 spiro atoms. The van der Waals surface area contributed by atoms with Gasteiger partial charge in [-0.3, -0.25) is 4.79 Å². The summed E-state index contributed by atoms with van der Waals surface area (Å²) >= 11 is 1.37. The third-order valence-corrected chi connectivity index (χ3v) is 5.81. The number of nitrogens with zero attached hydrogens (tertiary/aromatic N) is 3. The van der Waals surface area contributed by atoms with E-state index in [1.807, 2.05) is 66.9 Å². The number of imidazole rings is 1. The molecule has 0 fully saturated rings. The van der Waals surface area contributed by atoms with Crippen molar-refractivity contribution in [2.75, 3.05) is 18.2 Å². The number of rotatable bonds is 8. The molecule has 0 aliphatic heterocycles. The van der Waals surface area contributed by atoms with Crippen LogP contribution < -0.4 is 5.32 Å². The minimum Gasteiger partial charge on any atom is -0.461 e. The zero-order valence-electron chi connectivity index (χ0n) is 19.1. The standard InChI is InChI=1S/C25H24N4O4S/c1-4-32-24(31)21-22(27-25(34-3)29(21)15-17-11-7-5-8-12-17)26-23(30)19-16(2)33-28-20(19)18-13-9-6-10-14-18/h5-14H,4,15H2,1-3H3,(H,26,30). The molecule has 4 aromatic rings. The molecule has 0 atom stereocenters. The van der Waals surface area contributed by atoms with E-state index >= 15 is 0 Å². The van der Waals surface area contributed by atoms with Crippen LogP contribution in [-0.2, 0) is 11.3 Å². The van der Waals surface area contributed by atoms with Crippen molar-refractivity contribution in [3.05, 3.63) is 83.2 Å². The van der Waals surface area contributed by atoms with Crippen LogP contribution in [0.5, 0.6) is 0 Å². The van der Waals surface area contributed by atoms with Gasteiger partial charge < -0.3 is 19.1 Å². The molecule has 2 aromatic carbocycles. The second-order valence-corrected chi connectivity index (χ2v) is 8.14.